The summed E-state index contributed by atoms with van der Waals surface area (Å²) in [5, 5.41) is 14.3. The number of fused-ring (bicyclic) bond motifs is 1. The van der Waals surface area contributed by atoms with Gasteiger partial charge in [-0.2, -0.15) is 4.39 Å². The molecule has 0 atom stereocenters. The molecule has 0 aliphatic rings. The summed E-state index contributed by atoms with van der Waals surface area (Å²) < 4.78 is 14.2. The highest BCUT2D eigenvalue weighted by molar-refractivity contribution is 7.18. The van der Waals surface area contributed by atoms with Crippen LogP contribution in [0.3, 0.4) is 0 Å². The zero-order valence-corrected chi connectivity index (χ0v) is 12.7. The minimum absolute atomic E-state index is 0.0127. The summed E-state index contributed by atoms with van der Waals surface area (Å²) in [6.07, 6.45) is 0. The van der Waals surface area contributed by atoms with E-state index in [9.17, 15) is 19.3 Å². The molecular formula is C15H10FN3O3S. The van der Waals surface area contributed by atoms with Gasteiger partial charge in [0.25, 0.3) is 5.91 Å². The van der Waals surface area contributed by atoms with Crippen molar-refractivity contribution in [1.29, 1.82) is 0 Å². The first-order valence-corrected chi connectivity index (χ1v) is 7.38. The number of aryl methyl sites for hydroxylation is 1. The van der Waals surface area contributed by atoms with E-state index in [2.05, 4.69) is 10.3 Å². The molecule has 0 fully saturated rings. The average Bonchev–Trinajstić information content (AvgIpc) is 2.86. The lowest BCUT2D eigenvalue weighted by molar-refractivity contribution is -0.387. The Morgan fingerprint density at radius 2 is 2.09 bits per heavy atom. The second-order valence-corrected chi connectivity index (χ2v) is 6.03. The van der Waals surface area contributed by atoms with Crippen LogP contribution in [0, 0.1) is 22.9 Å². The third-order valence-electron chi connectivity index (χ3n) is 3.16. The van der Waals surface area contributed by atoms with Crippen molar-refractivity contribution >= 4 is 38.8 Å². The van der Waals surface area contributed by atoms with Gasteiger partial charge in [0.1, 0.15) is 0 Å². The molecule has 3 aromatic rings. The maximum Gasteiger partial charge on any atom is 0.305 e. The van der Waals surface area contributed by atoms with Crippen molar-refractivity contribution in [2.75, 3.05) is 5.32 Å². The number of aromatic nitrogens is 1. The number of carbonyl (C=O) groups excluding carboxylic acids is 1. The van der Waals surface area contributed by atoms with E-state index in [1.165, 1.54) is 17.4 Å². The standard InChI is InChI=1S/C15H10FN3O3S/c1-8-17-12-5-3-10(7-14(12)23-8)18-15(20)9-2-4-11(16)13(6-9)19(21)22/h2-7H,1H3,(H,18,20). The molecule has 0 radical (unpaired) electrons. The van der Waals surface area contributed by atoms with Crippen LogP contribution >= 0.6 is 11.3 Å². The molecule has 0 saturated heterocycles. The molecule has 6 nitrogen and oxygen atoms in total. The number of hydrogen-bond donors (Lipinski definition) is 1. The molecule has 0 aliphatic heterocycles. The average molecular weight is 331 g/mol. The number of anilines is 1. The van der Waals surface area contributed by atoms with Gasteiger partial charge in [-0.25, -0.2) is 4.98 Å². The number of nitro groups is 1. The van der Waals surface area contributed by atoms with E-state index in [-0.39, 0.29) is 5.56 Å². The highest BCUT2D eigenvalue weighted by atomic mass is 32.1. The van der Waals surface area contributed by atoms with Crippen LogP contribution < -0.4 is 5.32 Å². The lowest BCUT2D eigenvalue weighted by Gasteiger charge is -2.05. The van der Waals surface area contributed by atoms with Crippen LogP contribution in [0.15, 0.2) is 36.4 Å². The van der Waals surface area contributed by atoms with Gasteiger partial charge in [0.05, 0.1) is 20.1 Å². The summed E-state index contributed by atoms with van der Waals surface area (Å²) in [7, 11) is 0. The fourth-order valence-electron chi connectivity index (χ4n) is 2.11. The first-order valence-electron chi connectivity index (χ1n) is 6.56. The Balaban J connectivity index is 1.88. The third kappa shape index (κ3) is 3.02. The zero-order chi connectivity index (χ0) is 16.6. The van der Waals surface area contributed by atoms with E-state index in [0.717, 1.165) is 27.4 Å². The number of carbonyl (C=O) groups is 1. The van der Waals surface area contributed by atoms with Crippen LogP contribution in [0.5, 0.6) is 0 Å². The number of amides is 1. The molecule has 23 heavy (non-hydrogen) atoms. The molecule has 8 heteroatoms. The van der Waals surface area contributed by atoms with E-state index < -0.39 is 22.3 Å². The first-order chi connectivity index (χ1) is 10.9. The van der Waals surface area contributed by atoms with Gasteiger partial charge >= 0.3 is 5.69 Å². The minimum Gasteiger partial charge on any atom is -0.322 e. The lowest BCUT2D eigenvalue weighted by atomic mass is 10.1. The van der Waals surface area contributed by atoms with Crippen molar-refractivity contribution in [3.63, 3.8) is 0 Å². The Hall–Kier alpha value is -2.87. The van der Waals surface area contributed by atoms with Gasteiger partial charge in [-0.3, -0.25) is 14.9 Å². The third-order valence-corrected chi connectivity index (χ3v) is 4.09. The van der Waals surface area contributed by atoms with Gasteiger partial charge in [0.2, 0.25) is 5.82 Å². The summed E-state index contributed by atoms with van der Waals surface area (Å²) in [6.45, 7) is 1.89. The van der Waals surface area contributed by atoms with Crippen molar-refractivity contribution in [3.05, 3.63) is 62.9 Å². The van der Waals surface area contributed by atoms with Gasteiger partial charge in [-0.15, -0.1) is 11.3 Å². The number of thiazole rings is 1. The van der Waals surface area contributed by atoms with E-state index in [0.29, 0.717) is 5.69 Å². The Morgan fingerprint density at radius 3 is 2.83 bits per heavy atom. The molecule has 116 valence electrons. The molecule has 0 saturated carbocycles. The van der Waals surface area contributed by atoms with Gasteiger partial charge in [-0.05, 0) is 37.3 Å². The number of nitro benzene ring substituents is 1. The topological polar surface area (TPSA) is 85.1 Å². The predicted molar refractivity (Wildman–Crippen MR) is 85.4 cm³/mol. The molecule has 0 bridgehead atoms. The molecule has 1 amide bonds. The van der Waals surface area contributed by atoms with Crippen LogP contribution in [-0.4, -0.2) is 15.8 Å². The molecule has 1 N–H and O–H groups in total. The van der Waals surface area contributed by atoms with E-state index >= 15 is 0 Å². The zero-order valence-electron chi connectivity index (χ0n) is 11.9. The highest BCUT2D eigenvalue weighted by Gasteiger charge is 2.17. The molecule has 1 heterocycles. The van der Waals surface area contributed by atoms with E-state index in [1.807, 2.05) is 6.92 Å². The molecular weight excluding hydrogens is 321 g/mol. The van der Waals surface area contributed by atoms with Crippen LogP contribution in [0.1, 0.15) is 15.4 Å². The van der Waals surface area contributed by atoms with Crippen molar-refractivity contribution in [1.82, 2.24) is 4.98 Å². The maximum absolute atomic E-state index is 13.3. The lowest BCUT2D eigenvalue weighted by Crippen LogP contribution is -2.12. The number of nitrogens with zero attached hydrogens (tertiary/aromatic N) is 2. The number of nitrogens with one attached hydrogen (secondary N) is 1. The normalized spacial score (nSPS) is 10.7. The number of hydrogen-bond acceptors (Lipinski definition) is 5. The Bertz CT molecular complexity index is 939. The summed E-state index contributed by atoms with van der Waals surface area (Å²) in [4.78, 5) is 26.4. The molecule has 1 aromatic heterocycles. The fourth-order valence-corrected chi connectivity index (χ4v) is 2.98. The van der Waals surface area contributed by atoms with Crippen LogP contribution in [-0.2, 0) is 0 Å². The van der Waals surface area contributed by atoms with E-state index in [4.69, 9.17) is 0 Å². The number of rotatable bonds is 3. The van der Waals surface area contributed by atoms with Crippen LogP contribution in [0.2, 0.25) is 0 Å². The van der Waals surface area contributed by atoms with Crippen molar-refractivity contribution in [2.45, 2.75) is 6.92 Å². The molecule has 3 rings (SSSR count). The summed E-state index contributed by atoms with van der Waals surface area (Å²) >= 11 is 1.50. The number of benzene rings is 2. The Kier molecular flexibility index (Phi) is 3.75. The van der Waals surface area contributed by atoms with Crippen LogP contribution in [0.4, 0.5) is 15.8 Å². The Morgan fingerprint density at radius 1 is 1.30 bits per heavy atom. The quantitative estimate of drug-likeness (QED) is 0.582. The maximum atomic E-state index is 13.3. The van der Waals surface area contributed by atoms with Crippen molar-refractivity contribution < 1.29 is 14.1 Å². The second kappa shape index (κ2) is 5.73. The number of halogens is 1. The SMILES string of the molecule is Cc1nc2ccc(NC(=O)c3ccc(F)c([N+](=O)[O-])c3)cc2s1. The molecule has 2 aromatic carbocycles. The van der Waals surface area contributed by atoms with Crippen molar-refractivity contribution in [2.24, 2.45) is 0 Å². The summed E-state index contributed by atoms with van der Waals surface area (Å²) in [5.74, 6) is -1.53. The monoisotopic (exact) mass is 331 g/mol. The highest BCUT2D eigenvalue weighted by Crippen LogP contribution is 2.25. The minimum atomic E-state index is -0.979. The smallest absolute Gasteiger partial charge is 0.305 e. The van der Waals surface area contributed by atoms with Gasteiger partial charge in [-0.1, -0.05) is 0 Å². The molecule has 0 spiro atoms. The predicted octanol–water partition coefficient (Wildman–Crippen LogP) is 3.90. The van der Waals surface area contributed by atoms with Crippen molar-refractivity contribution in [3.8, 4) is 0 Å². The Labute approximate surface area is 133 Å². The van der Waals surface area contributed by atoms with Gasteiger partial charge < -0.3 is 5.32 Å². The largest absolute Gasteiger partial charge is 0.322 e. The van der Waals surface area contributed by atoms with Gasteiger partial charge in [0.15, 0.2) is 0 Å². The summed E-state index contributed by atoms with van der Waals surface area (Å²) in [5.41, 5.74) is 0.658. The summed E-state index contributed by atoms with van der Waals surface area (Å²) in [6, 6.07) is 8.27. The van der Waals surface area contributed by atoms with E-state index in [1.54, 1.807) is 18.2 Å². The van der Waals surface area contributed by atoms with Crippen LogP contribution in [0.25, 0.3) is 10.2 Å². The first kappa shape index (κ1) is 15.0. The second-order valence-electron chi connectivity index (χ2n) is 4.79. The fraction of sp³-hybridized carbons (Fsp3) is 0.0667. The van der Waals surface area contributed by atoms with Gasteiger partial charge in [0, 0.05) is 17.3 Å². The molecule has 0 aliphatic carbocycles. The molecule has 0 unspecified atom stereocenters.